The zero-order valence-electron chi connectivity index (χ0n) is 12.9. The summed E-state index contributed by atoms with van der Waals surface area (Å²) in [6, 6.07) is 0. The van der Waals surface area contributed by atoms with E-state index < -0.39 is 0 Å². The lowest BCUT2D eigenvalue weighted by atomic mass is 9.81. The van der Waals surface area contributed by atoms with Gasteiger partial charge in [-0.2, -0.15) is 0 Å². The molecule has 0 spiro atoms. The lowest BCUT2D eigenvalue weighted by Gasteiger charge is -2.27. The Morgan fingerprint density at radius 2 is 1.24 bits per heavy atom. The van der Waals surface area contributed by atoms with Crippen LogP contribution in [0.2, 0.25) is 0 Å². The summed E-state index contributed by atoms with van der Waals surface area (Å²) in [4.78, 5) is 0. The van der Waals surface area contributed by atoms with Gasteiger partial charge >= 0.3 is 0 Å². The van der Waals surface area contributed by atoms with Crippen LogP contribution in [0.1, 0.15) is 92.4 Å². The maximum absolute atomic E-state index is 6.02. The van der Waals surface area contributed by atoms with Gasteiger partial charge < -0.3 is 5.73 Å². The summed E-state index contributed by atoms with van der Waals surface area (Å²) in [7, 11) is 0. The molecule has 0 atom stereocenters. The van der Waals surface area contributed by atoms with Crippen molar-refractivity contribution in [2.45, 2.75) is 97.9 Å². The van der Waals surface area contributed by atoms with E-state index in [9.17, 15) is 0 Å². The van der Waals surface area contributed by atoms with Gasteiger partial charge in [-0.05, 0) is 38.5 Å². The number of unbranched alkanes of at least 4 members (excludes halogenated alkanes) is 4. The summed E-state index contributed by atoms with van der Waals surface area (Å²) in [5.41, 5.74) is 6.54. The van der Waals surface area contributed by atoms with E-state index in [1.807, 2.05) is 0 Å². The van der Waals surface area contributed by atoms with E-state index in [4.69, 9.17) is 5.73 Å². The van der Waals surface area contributed by atoms with E-state index in [0.717, 1.165) is 6.42 Å². The largest absolute Gasteiger partial charge is 0.326 e. The first-order valence-electron chi connectivity index (χ1n) is 7.56. The van der Waals surface area contributed by atoms with Gasteiger partial charge in [-0.25, -0.2) is 0 Å². The zero-order chi connectivity index (χ0) is 13.4. The molecule has 1 heteroatoms. The van der Waals surface area contributed by atoms with Gasteiger partial charge in [0.2, 0.25) is 0 Å². The molecule has 0 aliphatic heterocycles. The van der Waals surface area contributed by atoms with Crippen LogP contribution in [-0.4, -0.2) is 5.54 Å². The van der Waals surface area contributed by atoms with Gasteiger partial charge in [-0.1, -0.05) is 59.3 Å². The number of rotatable bonds is 10. The molecular weight excluding hydrogens is 206 g/mol. The Balaban J connectivity index is 3.58. The van der Waals surface area contributed by atoms with Crippen molar-refractivity contribution in [3.05, 3.63) is 0 Å². The maximum atomic E-state index is 6.02. The standard InChI is InChI=1S/C16H35N/c1-6-7-8-9-10-12-15(2,3)13-11-14-16(4,5)17/h6-14,17H2,1-5H3. The second-order valence-electron chi connectivity index (χ2n) is 7.17. The van der Waals surface area contributed by atoms with E-state index >= 15 is 0 Å². The molecule has 0 unspecified atom stereocenters. The smallest absolute Gasteiger partial charge is 0.00970 e. The summed E-state index contributed by atoms with van der Waals surface area (Å²) in [6.45, 7) is 11.4. The van der Waals surface area contributed by atoms with E-state index in [1.54, 1.807) is 0 Å². The average molecular weight is 241 g/mol. The molecule has 104 valence electrons. The fourth-order valence-electron chi connectivity index (χ4n) is 2.35. The number of hydrogen-bond acceptors (Lipinski definition) is 1. The van der Waals surface area contributed by atoms with Crippen molar-refractivity contribution in [2.24, 2.45) is 11.1 Å². The fraction of sp³-hybridized carbons (Fsp3) is 1.00. The molecule has 0 heterocycles. The van der Waals surface area contributed by atoms with Crippen molar-refractivity contribution >= 4 is 0 Å². The van der Waals surface area contributed by atoms with E-state index in [-0.39, 0.29) is 5.54 Å². The first-order valence-corrected chi connectivity index (χ1v) is 7.56. The van der Waals surface area contributed by atoms with E-state index in [2.05, 4.69) is 34.6 Å². The summed E-state index contributed by atoms with van der Waals surface area (Å²) in [6.07, 6.45) is 12.1. The third-order valence-electron chi connectivity index (χ3n) is 3.63. The molecule has 0 aromatic carbocycles. The van der Waals surface area contributed by atoms with Crippen LogP contribution in [0.25, 0.3) is 0 Å². The van der Waals surface area contributed by atoms with Crippen molar-refractivity contribution in [3.8, 4) is 0 Å². The molecule has 0 saturated carbocycles. The van der Waals surface area contributed by atoms with Crippen molar-refractivity contribution in [3.63, 3.8) is 0 Å². The van der Waals surface area contributed by atoms with Crippen LogP contribution in [0.3, 0.4) is 0 Å². The van der Waals surface area contributed by atoms with E-state index in [1.165, 1.54) is 51.4 Å². The third-order valence-corrected chi connectivity index (χ3v) is 3.63. The molecule has 0 aliphatic rings. The second-order valence-corrected chi connectivity index (χ2v) is 7.17. The summed E-state index contributed by atoms with van der Waals surface area (Å²) < 4.78 is 0. The molecule has 2 N–H and O–H groups in total. The van der Waals surface area contributed by atoms with Gasteiger partial charge in [0, 0.05) is 5.54 Å². The Morgan fingerprint density at radius 1 is 0.706 bits per heavy atom. The molecule has 0 rings (SSSR count). The molecule has 0 bridgehead atoms. The highest BCUT2D eigenvalue weighted by Crippen LogP contribution is 2.30. The van der Waals surface area contributed by atoms with Crippen LogP contribution in [0.5, 0.6) is 0 Å². The first-order chi connectivity index (χ1) is 7.77. The van der Waals surface area contributed by atoms with Crippen molar-refractivity contribution in [2.75, 3.05) is 0 Å². The minimum atomic E-state index is 0.0111. The molecule has 0 fully saturated rings. The van der Waals surface area contributed by atoms with Gasteiger partial charge in [0.15, 0.2) is 0 Å². The van der Waals surface area contributed by atoms with Crippen LogP contribution in [-0.2, 0) is 0 Å². The third kappa shape index (κ3) is 12.2. The molecule has 0 aliphatic carbocycles. The lowest BCUT2D eigenvalue weighted by molar-refractivity contribution is 0.272. The normalized spacial score (nSPS) is 13.1. The zero-order valence-corrected chi connectivity index (χ0v) is 12.9. The molecule has 0 amide bonds. The molecule has 1 nitrogen and oxygen atoms in total. The van der Waals surface area contributed by atoms with Gasteiger partial charge in [0.1, 0.15) is 0 Å². The van der Waals surface area contributed by atoms with Crippen LogP contribution in [0, 0.1) is 5.41 Å². The summed E-state index contributed by atoms with van der Waals surface area (Å²) in [5.74, 6) is 0. The number of hydrogen-bond donors (Lipinski definition) is 1. The average Bonchev–Trinajstić information content (AvgIpc) is 2.14. The van der Waals surface area contributed by atoms with Crippen molar-refractivity contribution in [1.29, 1.82) is 0 Å². The SMILES string of the molecule is CCCCCCCC(C)(C)CCCC(C)(C)N. The monoisotopic (exact) mass is 241 g/mol. The van der Waals surface area contributed by atoms with Crippen LogP contribution >= 0.6 is 0 Å². The van der Waals surface area contributed by atoms with Gasteiger partial charge in [-0.15, -0.1) is 0 Å². The Morgan fingerprint density at radius 3 is 1.76 bits per heavy atom. The Kier molecular flexibility index (Phi) is 8.11. The minimum Gasteiger partial charge on any atom is -0.326 e. The van der Waals surface area contributed by atoms with Gasteiger partial charge in [0.05, 0.1) is 0 Å². The summed E-state index contributed by atoms with van der Waals surface area (Å²) in [5, 5.41) is 0. The highest BCUT2D eigenvalue weighted by Gasteiger charge is 2.18. The van der Waals surface area contributed by atoms with E-state index in [0.29, 0.717) is 5.41 Å². The highest BCUT2D eigenvalue weighted by atomic mass is 14.7. The predicted molar refractivity (Wildman–Crippen MR) is 79.3 cm³/mol. The molecular formula is C16H35N. The molecule has 17 heavy (non-hydrogen) atoms. The predicted octanol–water partition coefficient (Wildman–Crippen LogP) is 5.28. The molecule has 0 aromatic heterocycles. The highest BCUT2D eigenvalue weighted by molar-refractivity contribution is 4.75. The Hall–Kier alpha value is -0.0400. The topological polar surface area (TPSA) is 26.0 Å². The molecule has 0 aromatic rings. The van der Waals surface area contributed by atoms with Gasteiger partial charge in [-0.3, -0.25) is 0 Å². The second kappa shape index (κ2) is 8.13. The minimum absolute atomic E-state index is 0.0111. The Labute approximate surface area is 110 Å². The first kappa shape index (κ1) is 17.0. The lowest BCUT2D eigenvalue weighted by Crippen LogP contribution is -2.31. The Bertz CT molecular complexity index is 176. The van der Waals surface area contributed by atoms with Gasteiger partial charge in [0.25, 0.3) is 0 Å². The maximum Gasteiger partial charge on any atom is 0.00970 e. The van der Waals surface area contributed by atoms with Crippen LogP contribution < -0.4 is 5.73 Å². The molecule has 0 radical (unpaired) electrons. The fourth-order valence-corrected chi connectivity index (χ4v) is 2.35. The van der Waals surface area contributed by atoms with Crippen molar-refractivity contribution < 1.29 is 0 Å². The van der Waals surface area contributed by atoms with Crippen LogP contribution in [0.15, 0.2) is 0 Å². The quantitative estimate of drug-likeness (QED) is 0.517. The van der Waals surface area contributed by atoms with Crippen molar-refractivity contribution in [1.82, 2.24) is 0 Å². The summed E-state index contributed by atoms with van der Waals surface area (Å²) >= 11 is 0. The van der Waals surface area contributed by atoms with Crippen LogP contribution in [0.4, 0.5) is 0 Å². The molecule has 0 saturated heterocycles. The number of nitrogens with two attached hydrogens (primary N) is 1.